The first-order valence-corrected chi connectivity index (χ1v) is 2.32. The molecule has 0 atom stereocenters. The van der Waals surface area contributed by atoms with Crippen LogP contribution in [-0.4, -0.2) is 119 Å². The Hall–Kier alpha value is 1.47. The SMILES string of the molecule is OB(O)O.OB(O)O.OB(O)O.[KH]. The van der Waals surface area contributed by atoms with Gasteiger partial charge in [-0.2, -0.15) is 0 Å². The van der Waals surface area contributed by atoms with E-state index in [0.29, 0.717) is 0 Å². The van der Waals surface area contributed by atoms with Crippen molar-refractivity contribution >= 4 is 73.3 Å². The monoisotopic (exact) mass is 226 g/mol. The van der Waals surface area contributed by atoms with Crippen molar-refractivity contribution in [1.82, 2.24) is 0 Å². The Balaban J connectivity index is -0.0000000450. The van der Waals surface area contributed by atoms with Gasteiger partial charge in [0.05, 0.1) is 0 Å². The van der Waals surface area contributed by atoms with E-state index in [-0.39, 0.29) is 51.4 Å². The number of hydrogen-bond donors (Lipinski definition) is 9. The van der Waals surface area contributed by atoms with E-state index >= 15 is 0 Å². The average Bonchev–Trinajstić information content (AvgIpc) is 1.54. The van der Waals surface area contributed by atoms with Crippen LogP contribution < -0.4 is 0 Å². The summed E-state index contributed by atoms with van der Waals surface area (Å²) in [6.07, 6.45) is 0. The molecule has 0 aliphatic rings. The van der Waals surface area contributed by atoms with E-state index in [1.165, 1.54) is 0 Å². The van der Waals surface area contributed by atoms with Crippen LogP contribution in [0.15, 0.2) is 0 Å². The second kappa shape index (κ2) is 19.1. The molecule has 0 saturated carbocycles. The molecule has 0 fully saturated rings. The summed E-state index contributed by atoms with van der Waals surface area (Å²) in [7, 11) is -6.50. The number of hydrogen-bond acceptors (Lipinski definition) is 9. The third-order valence-corrected chi connectivity index (χ3v) is 0. The minimum absolute atomic E-state index is 0. The zero-order valence-corrected chi connectivity index (χ0v) is 5.76. The predicted molar refractivity (Wildman–Crippen MR) is 44.4 cm³/mol. The van der Waals surface area contributed by atoms with Gasteiger partial charge in [-0.3, -0.25) is 0 Å². The van der Waals surface area contributed by atoms with Crippen molar-refractivity contribution in [1.29, 1.82) is 0 Å². The predicted octanol–water partition coefficient (Wildman–Crippen LogP) is -6.80. The Morgan fingerprint density at radius 3 is 0.385 bits per heavy atom. The van der Waals surface area contributed by atoms with E-state index < -0.39 is 22.0 Å². The quantitative estimate of drug-likeness (QED) is 0.181. The van der Waals surface area contributed by atoms with Crippen molar-refractivity contribution in [2.24, 2.45) is 0 Å². The molecular formula is H10B3KO9. The van der Waals surface area contributed by atoms with Crippen LogP contribution in [0.25, 0.3) is 0 Å². The molecule has 0 heterocycles. The summed E-state index contributed by atoms with van der Waals surface area (Å²) < 4.78 is 0. The third kappa shape index (κ3) is 819. The molecule has 0 aliphatic heterocycles. The average molecular weight is 226 g/mol. The molecule has 0 saturated heterocycles. The van der Waals surface area contributed by atoms with Gasteiger partial charge in [-0.15, -0.1) is 0 Å². The molecule has 0 radical (unpaired) electrons. The van der Waals surface area contributed by atoms with Crippen LogP contribution in [0.2, 0.25) is 0 Å². The van der Waals surface area contributed by atoms with Crippen LogP contribution in [0.1, 0.15) is 0 Å². The topological polar surface area (TPSA) is 182 Å². The Morgan fingerprint density at radius 2 is 0.385 bits per heavy atom. The molecule has 74 valence electrons. The summed E-state index contributed by atoms with van der Waals surface area (Å²) in [6, 6.07) is 0. The van der Waals surface area contributed by atoms with Crippen LogP contribution in [0, 0.1) is 0 Å². The second-order valence-corrected chi connectivity index (χ2v) is 1.04. The first-order valence-electron chi connectivity index (χ1n) is 2.32. The molecule has 0 rings (SSSR count). The van der Waals surface area contributed by atoms with E-state index in [1.54, 1.807) is 0 Å². The van der Waals surface area contributed by atoms with Gasteiger partial charge in [-0.1, -0.05) is 0 Å². The van der Waals surface area contributed by atoms with Crippen molar-refractivity contribution in [2.45, 2.75) is 0 Å². The second-order valence-electron chi connectivity index (χ2n) is 1.04. The maximum atomic E-state index is 7.17. The Labute approximate surface area is 117 Å². The zero-order chi connectivity index (χ0) is 10.7. The maximum absolute atomic E-state index is 7.17. The first-order chi connectivity index (χ1) is 5.20. The summed E-state index contributed by atoms with van der Waals surface area (Å²) in [6.45, 7) is 0. The van der Waals surface area contributed by atoms with Crippen molar-refractivity contribution < 1.29 is 45.2 Å². The summed E-state index contributed by atoms with van der Waals surface area (Å²) in [4.78, 5) is 0. The fraction of sp³-hybridized carbons (Fsp3) is 0. The fourth-order valence-corrected chi connectivity index (χ4v) is 0. The molecule has 0 spiro atoms. The van der Waals surface area contributed by atoms with Gasteiger partial charge in [0.15, 0.2) is 0 Å². The van der Waals surface area contributed by atoms with Crippen LogP contribution in [0.3, 0.4) is 0 Å². The van der Waals surface area contributed by atoms with Crippen molar-refractivity contribution in [2.75, 3.05) is 0 Å². The third-order valence-electron chi connectivity index (χ3n) is 0. The van der Waals surface area contributed by atoms with E-state index in [1.807, 2.05) is 0 Å². The molecule has 9 nitrogen and oxygen atoms in total. The number of rotatable bonds is 0. The van der Waals surface area contributed by atoms with Gasteiger partial charge in [0.2, 0.25) is 0 Å². The molecule has 13 heteroatoms. The minimum atomic E-state index is -2.17. The van der Waals surface area contributed by atoms with E-state index in [9.17, 15) is 0 Å². The zero-order valence-electron chi connectivity index (χ0n) is 5.76. The fourth-order valence-electron chi connectivity index (χ4n) is 0. The standard InChI is InChI=1S/3BH3O3.K.H/c3*2-1(3)4;;/h3*2-4H;;. The van der Waals surface area contributed by atoms with Crippen molar-refractivity contribution in [3.05, 3.63) is 0 Å². The summed E-state index contributed by atoms with van der Waals surface area (Å²) in [5.41, 5.74) is 0. The van der Waals surface area contributed by atoms with E-state index in [4.69, 9.17) is 45.2 Å². The van der Waals surface area contributed by atoms with Gasteiger partial charge >= 0.3 is 73.3 Å². The molecule has 13 heavy (non-hydrogen) atoms. The summed E-state index contributed by atoms with van der Waals surface area (Å²) in [5.74, 6) is 0. The first kappa shape index (κ1) is 24.0. The molecule has 0 aliphatic carbocycles. The van der Waals surface area contributed by atoms with Gasteiger partial charge in [-0.05, 0) is 0 Å². The van der Waals surface area contributed by atoms with Crippen molar-refractivity contribution in [3.63, 3.8) is 0 Å². The normalized spacial score (nSPS) is 6.23. The van der Waals surface area contributed by atoms with Gasteiger partial charge in [0.25, 0.3) is 0 Å². The van der Waals surface area contributed by atoms with Crippen LogP contribution >= 0.6 is 0 Å². The van der Waals surface area contributed by atoms with Gasteiger partial charge in [0.1, 0.15) is 0 Å². The molecule has 0 aromatic carbocycles. The molecule has 0 unspecified atom stereocenters. The molecular weight excluding hydrogens is 216 g/mol. The van der Waals surface area contributed by atoms with Crippen LogP contribution in [-0.2, 0) is 0 Å². The Morgan fingerprint density at radius 1 is 0.385 bits per heavy atom. The van der Waals surface area contributed by atoms with Gasteiger partial charge < -0.3 is 45.2 Å². The molecule has 9 N–H and O–H groups in total. The van der Waals surface area contributed by atoms with Gasteiger partial charge in [-0.25, -0.2) is 0 Å². The van der Waals surface area contributed by atoms with E-state index in [0.717, 1.165) is 0 Å². The Bertz CT molecular complexity index is 43.4. The van der Waals surface area contributed by atoms with Crippen LogP contribution in [0.5, 0.6) is 0 Å². The van der Waals surface area contributed by atoms with E-state index in [2.05, 4.69) is 0 Å². The van der Waals surface area contributed by atoms with Gasteiger partial charge in [0, 0.05) is 0 Å². The van der Waals surface area contributed by atoms with Crippen molar-refractivity contribution in [3.8, 4) is 0 Å². The molecule has 0 bridgehead atoms. The summed E-state index contributed by atoms with van der Waals surface area (Å²) >= 11 is 0. The Kier molecular flexibility index (Phi) is 35.2. The molecule has 0 amide bonds. The molecule has 0 aromatic heterocycles. The van der Waals surface area contributed by atoms with Crippen LogP contribution in [0.4, 0.5) is 0 Å². The summed E-state index contributed by atoms with van der Waals surface area (Å²) in [5, 5.41) is 64.5. The molecule has 0 aromatic rings.